The lowest BCUT2D eigenvalue weighted by molar-refractivity contribution is 0.889. The van der Waals surface area contributed by atoms with Crippen LogP contribution in [0, 0.1) is 12.3 Å². The summed E-state index contributed by atoms with van der Waals surface area (Å²) in [5.74, 6) is 0.807. The van der Waals surface area contributed by atoms with Gasteiger partial charge in [0.2, 0.25) is 0 Å². The first-order chi connectivity index (χ1) is 9.08. The molecule has 2 rings (SSSR count). The van der Waals surface area contributed by atoms with Crippen molar-refractivity contribution in [1.82, 2.24) is 4.98 Å². The highest BCUT2D eigenvalue weighted by atomic mass is 15.2. The predicted molar refractivity (Wildman–Crippen MR) is 78.5 cm³/mol. The van der Waals surface area contributed by atoms with Gasteiger partial charge in [-0.05, 0) is 30.2 Å². The second-order valence-corrected chi connectivity index (χ2v) is 4.58. The largest absolute Gasteiger partial charge is 0.382 e. The van der Waals surface area contributed by atoms with E-state index in [4.69, 9.17) is 11.1 Å². The van der Waals surface area contributed by atoms with Gasteiger partial charge in [0.05, 0.1) is 0 Å². The SMILES string of the molecule is Cc1ccccc1CN(C)c1cccc(C(=N)N)n1. The summed E-state index contributed by atoms with van der Waals surface area (Å²) in [6, 6.07) is 13.8. The molecule has 0 aliphatic rings. The van der Waals surface area contributed by atoms with E-state index in [2.05, 4.69) is 28.9 Å². The molecule has 0 unspecified atom stereocenters. The maximum absolute atomic E-state index is 7.43. The van der Waals surface area contributed by atoms with Gasteiger partial charge in [-0.1, -0.05) is 30.3 Å². The lowest BCUT2D eigenvalue weighted by Gasteiger charge is -2.19. The summed E-state index contributed by atoms with van der Waals surface area (Å²) in [4.78, 5) is 6.42. The summed E-state index contributed by atoms with van der Waals surface area (Å²) < 4.78 is 0. The van der Waals surface area contributed by atoms with Gasteiger partial charge in [-0.15, -0.1) is 0 Å². The number of nitrogens with zero attached hydrogens (tertiary/aromatic N) is 2. The Morgan fingerprint density at radius 1 is 1.21 bits per heavy atom. The fourth-order valence-electron chi connectivity index (χ4n) is 1.91. The molecule has 0 aliphatic heterocycles. The first-order valence-corrected chi connectivity index (χ1v) is 6.15. The molecule has 0 amide bonds. The molecule has 2 aromatic rings. The van der Waals surface area contributed by atoms with Gasteiger partial charge < -0.3 is 10.6 Å². The number of nitrogens with one attached hydrogen (secondary N) is 1. The molecule has 0 aliphatic carbocycles. The molecule has 3 N–H and O–H groups in total. The molecular formula is C15H18N4. The fraction of sp³-hybridized carbons (Fsp3) is 0.200. The second-order valence-electron chi connectivity index (χ2n) is 4.58. The average molecular weight is 254 g/mol. The van der Waals surface area contributed by atoms with Gasteiger partial charge in [0, 0.05) is 13.6 Å². The molecular weight excluding hydrogens is 236 g/mol. The van der Waals surface area contributed by atoms with Crippen molar-refractivity contribution in [2.45, 2.75) is 13.5 Å². The molecule has 0 saturated carbocycles. The summed E-state index contributed by atoms with van der Waals surface area (Å²) >= 11 is 0. The zero-order valence-electron chi connectivity index (χ0n) is 11.2. The highest BCUT2D eigenvalue weighted by molar-refractivity contribution is 5.93. The number of hydrogen-bond acceptors (Lipinski definition) is 3. The Kier molecular flexibility index (Phi) is 3.80. The van der Waals surface area contributed by atoms with E-state index in [0.29, 0.717) is 5.69 Å². The maximum Gasteiger partial charge on any atom is 0.141 e. The summed E-state index contributed by atoms with van der Waals surface area (Å²) in [6.07, 6.45) is 0. The molecule has 0 spiro atoms. The number of rotatable bonds is 4. The highest BCUT2D eigenvalue weighted by Crippen LogP contribution is 2.15. The van der Waals surface area contributed by atoms with Crippen LogP contribution in [0.2, 0.25) is 0 Å². The van der Waals surface area contributed by atoms with Crippen LogP contribution in [-0.2, 0) is 6.54 Å². The Hall–Kier alpha value is -2.36. The lowest BCUT2D eigenvalue weighted by Crippen LogP contribution is -2.20. The van der Waals surface area contributed by atoms with Gasteiger partial charge in [0.1, 0.15) is 17.3 Å². The number of aromatic nitrogens is 1. The van der Waals surface area contributed by atoms with E-state index in [1.165, 1.54) is 11.1 Å². The summed E-state index contributed by atoms with van der Waals surface area (Å²) in [5.41, 5.74) is 8.50. The van der Waals surface area contributed by atoms with Gasteiger partial charge in [0.25, 0.3) is 0 Å². The number of hydrogen-bond donors (Lipinski definition) is 2. The van der Waals surface area contributed by atoms with E-state index in [-0.39, 0.29) is 5.84 Å². The van der Waals surface area contributed by atoms with Crippen molar-refractivity contribution in [2.24, 2.45) is 5.73 Å². The normalized spacial score (nSPS) is 10.2. The van der Waals surface area contributed by atoms with E-state index in [0.717, 1.165) is 12.4 Å². The molecule has 0 radical (unpaired) electrons. The van der Waals surface area contributed by atoms with Crippen LogP contribution in [0.25, 0.3) is 0 Å². The van der Waals surface area contributed by atoms with Crippen molar-refractivity contribution in [3.05, 3.63) is 59.3 Å². The van der Waals surface area contributed by atoms with E-state index in [1.807, 2.05) is 31.3 Å². The Bertz CT molecular complexity index is 592. The number of aryl methyl sites for hydroxylation is 1. The smallest absolute Gasteiger partial charge is 0.141 e. The van der Waals surface area contributed by atoms with Crippen LogP contribution in [0.15, 0.2) is 42.5 Å². The lowest BCUT2D eigenvalue weighted by atomic mass is 10.1. The summed E-state index contributed by atoms with van der Waals surface area (Å²) in [5, 5.41) is 7.43. The monoisotopic (exact) mass is 254 g/mol. The first-order valence-electron chi connectivity index (χ1n) is 6.15. The number of amidine groups is 1. The first kappa shape index (κ1) is 13.1. The molecule has 1 aromatic carbocycles. The second kappa shape index (κ2) is 5.52. The third kappa shape index (κ3) is 3.10. The standard InChI is InChI=1S/C15H18N4/c1-11-6-3-4-7-12(11)10-19(2)14-9-5-8-13(18-14)15(16)17/h3-9H,10H2,1-2H3,(H3,16,17). The number of anilines is 1. The topological polar surface area (TPSA) is 66.0 Å². The van der Waals surface area contributed by atoms with Crippen molar-refractivity contribution in [2.75, 3.05) is 11.9 Å². The van der Waals surface area contributed by atoms with Gasteiger partial charge in [-0.3, -0.25) is 5.41 Å². The Balaban J connectivity index is 2.20. The van der Waals surface area contributed by atoms with Crippen molar-refractivity contribution in [3.8, 4) is 0 Å². The Labute approximate surface area is 113 Å². The minimum atomic E-state index is -0.00820. The predicted octanol–water partition coefficient (Wildman–Crippen LogP) is 2.31. The molecule has 1 aromatic heterocycles. The zero-order chi connectivity index (χ0) is 13.8. The van der Waals surface area contributed by atoms with E-state index >= 15 is 0 Å². The molecule has 4 heteroatoms. The van der Waals surface area contributed by atoms with Crippen LogP contribution in [0.4, 0.5) is 5.82 Å². The maximum atomic E-state index is 7.43. The van der Waals surface area contributed by atoms with Gasteiger partial charge >= 0.3 is 0 Å². The van der Waals surface area contributed by atoms with Crippen LogP contribution in [-0.4, -0.2) is 17.9 Å². The molecule has 0 bridgehead atoms. The van der Waals surface area contributed by atoms with Crippen LogP contribution in [0.5, 0.6) is 0 Å². The minimum absolute atomic E-state index is 0.00820. The number of pyridine rings is 1. The van der Waals surface area contributed by atoms with E-state index in [1.54, 1.807) is 6.07 Å². The van der Waals surface area contributed by atoms with Crippen molar-refractivity contribution in [1.29, 1.82) is 5.41 Å². The van der Waals surface area contributed by atoms with Gasteiger partial charge in [-0.2, -0.15) is 0 Å². The number of benzene rings is 1. The van der Waals surface area contributed by atoms with E-state index in [9.17, 15) is 0 Å². The summed E-state index contributed by atoms with van der Waals surface area (Å²) in [7, 11) is 1.98. The number of nitrogens with two attached hydrogens (primary N) is 1. The average Bonchev–Trinajstić information content (AvgIpc) is 2.41. The molecule has 98 valence electrons. The van der Waals surface area contributed by atoms with Crippen molar-refractivity contribution in [3.63, 3.8) is 0 Å². The molecule has 1 heterocycles. The van der Waals surface area contributed by atoms with Gasteiger partial charge in [-0.25, -0.2) is 4.98 Å². The third-order valence-corrected chi connectivity index (χ3v) is 3.07. The van der Waals surface area contributed by atoms with E-state index < -0.39 is 0 Å². The molecule has 0 atom stereocenters. The minimum Gasteiger partial charge on any atom is -0.382 e. The molecule has 0 fully saturated rings. The van der Waals surface area contributed by atoms with Gasteiger partial charge in [0.15, 0.2) is 0 Å². The van der Waals surface area contributed by atoms with Crippen LogP contribution >= 0.6 is 0 Å². The third-order valence-electron chi connectivity index (χ3n) is 3.07. The van der Waals surface area contributed by atoms with Crippen LogP contribution < -0.4 is 10.6 Å². The van der Waals surface area contributed by atoms with Crippen molar-refractivity contribution >= 4 is 11.7 Å². The zero-order valence-corrected chi connectivity index (χ0v) is 11.2. The molecule has 4 nitrogen and oxygen atoms in total. The Morgan fingerprint density at radius 2 is 1.95 bits per heavy atom. The van der Waals surface area contributed by atoms with Crippen molar-refractivity contribution < 1.29 is 0 Å². The quantitative estimate of drug-likeness (QED) is 0.650. The van der Waals surface area contributed by atoms with Crippen LogP contribution in [0.3, 0.4) is 0 Å². The summed E-state index contributed by atoms with van der Waals surface area (Å²) in [6.45, 7) is 2.88. The highest BCUT2D eigenvalue weighted by Gasteiger charge is 2.07. The molecule has 0 saturated heterocycles. The number of nitrogen functional groups attached to an aromatic ring is 1. The Morgan fingerprint density at radius 3 is 2.63 bits per heavy atom. The fourth-order valence-corrected chi connectivity index (χ4v) is 1.91. The van der Waals surface area contributed by atoms with Crippen LogP contribution in [0.1, 0.15) is 16.8 Å². The molecule has 19 heavy (non-hydrogen) atoms.